The van der Waals surface area contributed by atoms with E-state index in [1.165, 1.54) is 38.1 Å². The van der Waals surface area contributed by atoms with Gasteiger partial charge < -0.3 is 9.80 Å². The molecule has 0 unspecified atom stereocenters. The molecule has 1 fully saturated rings. The van der Waals surface area contributed by atoms with Gasteiger partial charge in [0.25, 0.3) is 0 Å². The molecule has 0 saturated carbocycles. The lowest BCUT2D eigenvalue weighted by Crippen LogP contribution is -2.31. The molecular formula is C15H20FN3. The fourth-order valence-electron chi connectivity index (χ4n) is 2.49. The van der Waals surface area contributed by atoms with Crippen molar-refractivity contribution in [2.75, 3.05) is 33.2 Å². The number of benzene rings is 1. The molecule has 1 heterocycles. The van der Waals surface area contributed by atoms with Crippen LogP contribution in [-0.4, -0.2) is 43.0 Å². The third kappa shape index (κ3) is 4.02. The van der Waals surface area contributed by atoms with Crippen molar-refractivity contribution in [2.45, 2.75) is 19.4 Å². The highest BCUT2D eigenvalue weighted by Gasteiger charge is 2.12. The van der Waals surface area contributed by atoms with Crippen molar-refractivity contribution >= 4 is 0 Å². The predicted octanol–water partition coefficient (Wildman–Crippen LogP) is 2.22. The fourth-order valence-corrected chi connectivity index (χ4v) is 2.49. The molecule has 4 heteroatoms. The van der Waals surface area contributed by atoms with Crippen LogP contribution in [0, 0.1) is 17.1 Å². The molecule has 0 bridgehead atoms. The number of hydrogen-bond acceptors (Lipinski definition) is 3. The lowest BCUT2D eigenvalue weighted by molar-refractivity contribution is 0.252. The summed E-state index contributed by atoms with van der Waals surface area (Å²) in [6.45, 7) is 5.00. The molecule has 102 valence electrons. The normalized spacial score (nSPS) is 15.9. The quantitative estimate of drug-likeness (QED) is 0.814. The molecule has 0 N–H and O–H groups in total. The van der Waals surface area contributed by atoms with E-state index in [-0.39, 0.29) is 5.82 Å². The molecule has 1 aromatic rings. The van der Waals surface area contributed by atoms with E-state index >= 15 is 0 Å². The Labute approximate surface area is 114 Å². The molecule has 0 aliphatic carbocycles. The van der Waals surface area contributed by atoms with Gasteiger partial charge >= 0.3 is 0 Å². The summed E-state index contributed by atoms with van der Waals surface area (Å²) in [4.78, 5) is 4.60. The van der Waals surface area contributed by atoms with Gasteiger partial charge in [-0.2, -0.15) is 5.26 Å². The third-order valence-electron chi connectivity index (χ3n) is 3.62. The summed E-state index contributed by atoms with van der Waals surface area (Å²) in [5.74, 6) is -0.276. The Balaban J connectivity index is 1.89. The van der Waals surface area contributed by atoms with Gasteiger partial charge in [0.15, 0.2) is 0 Å². The van der Waals surface area contributed by atoms with E-state index in [2.05, 4.69) is 15.9 Å². The highest BCUT2D eigenvalue weighted by Crippen LogP contribution is 2.13. The number of nitrogens with zero attached hydrogens (tertiary/aromatic N) is 3. The summed E-state index contributed by atoms with van der Waals surface area (Å²) in [5.41, 5.74) is 1.33. The van der Waals surface area contributed by atoms with Gasteiger partial charge in [0.1, 0.15) is 5.82 Å². The van der Waals surface area contributed by atoms with Gasteiger partial charge in [-0.1, -0.05) is 0 Å². The van der Waals surface area contributed by atoms with Crippen molar-refractivity contribution in [3.05, 3.63) is 35.1 Å². The van der Waals surface area contributed by atoms with Gasteiger partial charge in [-0.15, -0.1) is 0 Å². The van der Waals surface area contributed by atoms with E-state index < -0.39 is 0 Å². The van der Waals surface area contributed by atoms with Gasteiger partial charge in [0, 0.05) is 19.6 Å². The minimum absolute atomic E-state index is 0.276. The van der Waals surface area contributed by atoms with E-state index in [1.807, 2.05) is 7.05 Å². The second-order valence-corrected chi connectivity index (χ2v) is 5.20. The summed E-state index contributed by atoms with van der Waals surface area (Å²) in [7, 11) is 2.02. The number of likely N-dealkylation sites (N-methyl/N-ethyl adjacent to an activating group) is 1. The van der Waals surface area contributed by atoms with Crippen LogP contribution in [0.5, 0.6) is 0 Å². The largest absolute Gasteiger partial charge is 0.302 e. The zero-order valence-corrected chi connectivity index (χ0v) is 11.4. The van der Waals surface area contributed by atoms with Crippen LogP contribution in [0.4, 0.5) is 4.39 Å². The molecule has 1 aromatic carbocycles. The topological polar surface area (TPSA) is 30.3 Å². The standard InChI is InChI=1S/C15H20FN3/c1-18(8-9-19-6-2-3-7-19)12-14-10-15(16)5-4-13(14)11-17/h4-5,10H,2-3,6-9,12H2,1H3. The molecule has 2 rings (SSSR count). The summed E-state index contributed by atoms with van der Waals surface area (Å²) in [6, 6.07) is 6.48. The van der Waals surface area contributed by atoms with Gasteiger partial charge in [-0.25, -0.2) is 4.39 Å². The van der Waals surface area contributed by atoms with Gasteiger partial charge in [0.2, 0.25) is 0 Å². The number of halogens is 1. The molecular weight excluding hydrogens is 241 g/mol. The van der Waals surface area contributed by atoms with Crippen LogP contribution < -0.4 is 0 Å². The lowest BCUT2D eigenvalue weighted by atomic mass is 10.1. The van der Waals surface area contributed by atoms with E-state index in [0.717, 1.165) is 18.7 Å². The maximum absolute atomic E-state index is 13.2. The Morgan fingerprint density at radius 2 is 2.11 bits per heavy atom. The number of rotatable bonds is 5. The van der Waals surface area contributed by atoms with Gasteiger partial charge in [0.05, 0.1) is 11.6 Å². The van der Waals surface area contributed by atoms with E-state index in [9.17, 15) is 4.39 Å². The Kier molecular flexibility index (Phi) is 4.89. The minimum Gasteiger partial charge on any atom is -0.302 e. The summed E-state index contributed by atoms with van der Waals surface area (Å²) in [5, 5.41) is 9.03. The summed E-state index contributed by atoms with van der Waals surface area (Å²) < 4.78 is 13.2. The van der Waals surface area contributed by atoms with Crippen LogP contribution >= 0.6 is 0 Å². The van der Waals surface area contributed by atoms with Crippen molar-refractivity contribution in [1.29, 1.82) is 5.26 Å². The number of likely N-dealkylation sites (tertiary alicyclic amines) is 1. The fraction of sp³-hybridized carbons (Fsp3) is 0.533. The monoisotopic (exact) mass is 261 g/mol. The highest BCUT2D eigenvalue weighted by molar-refractivity contribution is 5.37. The van der Waals surface area contributed by atoms with Gasteiger partial charge in [-0.3, -0.25) is 0 Å². The molecule has 0 radical (unpaired) electrons. The van der Waals surface area contributed by atoms with Gasteiger partial charge in [-0.05, 0) is 56.7 Å². The third-order valence-corrected chi connectivity index (χ3v) is 3.62. The van der Waals surface area contributed by atoms with Crippen LogP contribution in [0.3, 0.4) is 0 Å². The minimum atomic E-state index is -0.276. The Hall–Kier alpha value is -1.44. The van der Waals surface area contributed by atoms with Crippen molar-refractivity contribution in [3.63, 3.8) is 0 Å². The molecule has 3 nitrogen and oxygen atoms in total. The van der Waals surface area contributed by atoms with Crippen LogP contribution in [-0.2, 0) is 6.54 Å². The van der Waals surface area contributed by atoms with Crippen LogP contribution in [0.15, 0.2) is 18.2 Å². The van der Waals surface area contributed by atoms with Crippen molar-refractivity contribution < 1.29 is 4.39 Å². The molecule has 19 heavy (non-hydrogen) atoms. The second-order valence-electron chi connectivity index (χ2n) is 5.20. The first-order valence-electron chi connectivity index (χ1n) is 6.78. The van der Waals surface area contributed by atoms with Crippen molar-refractivity contribution in [2.24, 2.45) is 0 Å². The molecule has 0 atom stereocenters. The van der Waals surface area contributed by atoms with Crippen LogP contribution in [0.2, 0.25) is 0 Å². The first-order valence-corrected chi connectivity index (χ1v) is 6.78. The van der Waals surface area contributed by atoms with Crippen molar-refractivity contribution in [1.82, 2.24) is 9.80 Å². The SMILES string of the molecule is CN(CCN1CCCC1)Cc1cc(F)ccc1C#N. The lowest BCUT2D eigenvalue weighted by Gasteiger charge is -2.21. The average molecular weight is 261 g/mol. The number of hydrogen-bond donors (Lipinski definition) is 0. The Morgan fingerprint density at radius 3 is 2.79 bits per heavy atom. The molecule has 1 aliphatic rings. The molecule has 0 amide bonds. The first kappa shape index (κ1) is 14.0. The summed E-state index contributed by atoms with van der Waals surface area (Å²) in [6.07, 6.45) is 2.60. The maximum Gasteiger partial charge on any atom is 0.123 e. The average Bonchev–Trinajstić information content (AvgIpc) is 2.90. The molecule has 0 aromatic heterocycles. The molecule has 1 saturated heterocycles. The number of nitriles is 1. The smallest absolute Gasteiger partial charge is 0.123 e. The highest BCUT2D eigenvalue weighted by atomic mass is 19.1. The maximum atomic E-state index is 13.2. The van der Waals surface area contributed by atoms with Crippen LogP contribution in [0.25, 0.3) is 0 Å². The molecule has 0 spiro atoms. The summed E-state index contributed by atoms with van der Waals surface area (Å²) >= 11 is 0. The zero-order valence-electron chi connectivity index (χ0n) is 11.4. The molecule has 1 aliphatic heterocycles. The second kappa shape index (κ2) is 6.65. The van der Waals surface area contributed by atoms with E-state index in [4.69, 9.17) is 5.26 Å². The van der Waals surface area contributed by atoms with E-state index in [1.54, 1.807) is 6.07 Å². The Bertz CT molecular complexity index is 461. The van der Waals surface area contributed by atoms with Crippen LogP contribution in [0.1, 0.15) is 24.0 Å². The first-order chi connectivity index (χ1) is 9.19. The van der Waals surface area contributed by atoms with Crippen molar-refractivity contribution in [3.8, 4) is 6.07 Å². The van der Waals surface area contributed by atoms with E-state index in [0.29, 0.717) is 12.1 Å². The zero-order chi connectivity index (χ0) is 13.7. The Morgan fingerprint density at radius 1 is 1.37 bits per heavy atom. The predicted molar refractivity (Wildman–Crippen MR) is 73.1 cm³/mol.